The van der Waals surface area contributed by atoms with E-state index in [1.165, 1.54) is 18.2 Å². The second kappa shape index (κ2) is 5.25. The van der Waals surface area contributed by atoms with Gasteiger partial charge in [-0.3, -0.25) is 0 Å². The van der Waals surface area contributed by atoms with Crippen LogP contribution in [0.5, 0.6) is 0 Å². The van der Waals surface area contributed by atoms with Crippen LogP contribution >= 0.6 is 39.1 Å². The summed E-state index contributed by atoms with van der Waals surface area (Å²) in [5.41, 5.74) is 0.561. The molecule has 2 rings (SSSR count). The van der Waals surface area contributed by atoms with Crippen molar-refractivity contribution in [3.63, 3.8) is 0 Å². The number of halogens is 3. The molecule has 1 heterocycles. The van der Waals surface area contributed by atoms with E-state index in [-0.39, 0.29) is 14.9 Å². The Morgan fingerprint density at radius 1 is 1.22 bits per heavy atom. The van der Waals surface area contributed by atoms with Gasteiger partial charge in [-0.05, 0) is 24.3 Å². The Balaban J connectivity index is 2.67. The lowest BCUT2D eigenvalue weighted by Gasteiger charge is -2.09. The summed E-state index contributed by atoms with van der Waals surface area (Å²) in [6, 6.07) is 6.03. The molecule has 1 aromatic carbocycles. The quantitative estimate of drug-likeness (QED) is 0.831. The fraction of sp³-hybridized carbons (Fsp3) is 0.0909. The number of rotatable bonds is 3. The first kappa shape index (κ1) is 13.9. The Hall–Kier alpha value is -0.490. The molecule has 18 heavy (non-hydrogen) atoms. The van der Waals surface area contributed by atoms with Crippen molar-refractivity contribution in [2.45, 2.75) is 15.3 Å². The zero-order valence-corrected chi connectivity index (χ0v) is 12.9. The number of hydrogen-bond acceptors (Lipinski definition) is 2. The van der Waals surface area contributed by atoms with Crippen LogP contribution in [0.1, 0.15) is 5.56 Å². The second-order valence-corrected chi connectivity index (χ2v) is 6.74. The summed E-state index contributed by atoms with van der Waals surface area (Å²) in [5, 5.41) is 1.07. The van der Waals surface area contributed by atoms with E-state index in [2.05, 4.69) is 20.9 Å². The van der Waals surface area contributed by atoms with E-state index < -0.39 is 9.84 Å². The minimum atomic E-state index is -3.64. The van der Waals surface area contributed by atoms with Crippen LogP contribution in [-0.2, 0) is 15.2 Å². The van der Waals surface area contributed by atoms with Crippen LogP contribution in [0.25, 0.3) is 0 Å². The molecular weight excluding hydrogens is 361 g/mol. The molecule has 0 saturated carbocycles. The number of benzene rings is 1. The van der Waals surface area contributed by atoms with E-state index in [0.717, 1.165) is 0 Å². The predicted octanol–water partition coefficient (Wildman–Crippen LogP) is 4.05. The number of aromatic amines is 1. The molecule has 0 aliphatic heterocycles. The largest absolute Gasteiger partial charge is 0.352 e. The lowest BCUT2D eigenvalue weighted by molar-refractivity contribution is 0.593. The molecule has 0 amide bonds. The molecule has 1 aromatic heterocycles. The molecule has 0 aliphatic carbocycles. The highest BCUT2D eigenvalue weighted by molar-refractivity contribution is 9.08. The minimum Gasteiger partial charge on any atom is -0.352 e. The number of sulfone groups is 1. The third-order valence-electron chi connectivity index (χ3n) is 2.43. The molecule has 0 bridgehead atoms. The topological polar surface area (TPSA) is 49.9 Å². The Kier molecular flexibility index (Phi) is 4.06. The standard InChI is InChI=1S/C11H8BrCl2NO2S/c12-6-7-8(13)3-4-9(11(7)14)18(16,17)10-2-1-5-15-10/h1-5,15H,6H2. The molecule has 7 heteroatoms. The molecular formula is C11H8BrCl2NO2S. The molecule has 96 valence electrons. The average Bonchev–Trinajstić information content (AvgIpc) is 2.83. The van der Waals surface area contributed by atoms with Gasteiger partial charge in [0.1, 0.15) is 5.03 Å². The van der Waals surface area contributed by atoms with Crippen LogP contribution in [-0.4, -0.2) is 13.4 Å². The van der Waals surface area contributed by atoms with Gasteiger partial charge in [0, 0.05) is 22.1 Å². The zero-order valence-electron chi connectivity index (χ0n) is 8.95. The van der Waals surface area contributed by atoms with Crippen molar-refractivity contribution in [2.24, 2.45) is 0 Å². The third-order valence-corrected chi connectivity index (χ3v) is 5.64. The van der Waals surface area contributed by atoms with Crippen LogP contribution < -0.4 is 0 Å². The predicted molar refractivity (Wildman–Crippen MR) is 75.3 cm³/mol. The van der Waals surface area contributed by atoms with Gasteiger partial charge in [-0.1, -0.05) is 39.1 Å². The Morgan fingerprint density at radius 3 is 2.50 bits per heavy atom. The van der Waals surface area contributed by atoms with E-state index in [9.17, 15) is 8.42 Å². The van der Waals surface area contributed by atoms with Crippen molar-refractivity contribution < 1.29 is 8.42 Å². The first-order valence-corrected chi connectivity index (χ1v) is 8.26. The molecule has 0 unspecified atom stereocenters. The summed E-state index contributed by atoms with van der Waals surface area (Å²) in [7, 11) is -3.64. The van der Waals surface area contributed by atoms with Crippen LogP contribution in [0.3, 0.4) is 0 Å². The smallest absolute Gasteiger partial charge is 0.223 e. The zero-order chi connectivity index (χ0) is 13.3. The van der Waals surface area contributed by atoms with E-state index in [0.29, 0.717) is 15.9 Å². The van der Waals surface area contributed by atoms with Gasteiger partial charge in [0.25, 0.3) is 0 Å². The Morgan fingerprint density at radius 2 is 1.94 bits per heavy atom. The maximum absolute atomic E-state index is 12.3. The molecule has 0 fully saturated rings. The van der Waals surface area contributed by atoms with Gasteiger partial charge < -0.3 is 4.98 Å². The summed E-state index contributed by atoms with van der Waals surface area (Å²) < 4.78 is 24.6. The van der Waals surface area contributed by atoms with Crippen LogP contribution in [0.2, 0.25) is 10.0 Å². The van der Waals surface area contributed by atoms with Crippen molar-refractivity contribution in [2.75, 3.05) is 0 Å². The molecule has 0 saturated heterocycles. The highest BCUT2D eigenvalue weighted by atomic mass is 79.9. The summed E-state index contributed by atoms with van der Waals surface area (Å²) in [6.45, 7) is 0. The van der Waals surface area contributed by atoms with E-state index in [4.69, 9.17) is 23.2 Å². The minimum absolute atomic E-state index is 0.0467. The molecule has 3 nitrogen and oxygen atoms in total. The fourth-order valence-corrected chi connectivity index (χ4v) is 4.54. The summed E-state index contributed by atoms with van der Waals surface area (Å²) in [5.74, 6) is 0. The highest BCUT2D eigenvalue weighted by Crippen LogP contribution is 2.34. The van der Waals surface area contributed by atoms with Gasteiger partial charge in [-0.2, -0.15) is 0 Å². The van der Waals surface area contributed by atoms with Gasteiger partial charge in [0.05, 0.1) is 9.92 Å². The van der Waals surface area contributed by atoms with Crippen molar-refractivity contribution in [3.8, 4) is 0 Å². The third kappa shape index (κ3) is 2.32. The lowest BCUT2D eigenvalue weighted by atomic mass is 10.2. The molecule has 0 spiro atoms. The molecule has 1 N–H and O–H groups in total. The average molecular weight is 369 g/mol. The van der Waals surface area contributed by atoms with Crippen molar-refractivity contribution in [3.05, 3.63) is 46.1 Å². The number of H-pyrrole nitrogens is 1. The summed E-state index contributed by atoms with van der Waals surface area (Å²) in [6.07, 6.45) is 1.54. The summed E-state index contributed by atoms with van der Waals surface area (Å²) >= 11 is 15.3. The highest BCUT2D eigenvalue weighted by Gasteiger charge is 2.24. The molecule has 2 aromatic rings. The van der Waals surface area contributed by atoms with Crippen molar-refractivity contribution in [1.29, 1.82) is 0 Å². The van der Waals surface area contributed by atoms with Gasteiger partial charge in [0.15, 0.2) is 0 Å². The first-order chi connectivity index (χ1) is 8.48. The SMILES string of the molecule is O=S(=O)(c1ccc[nH]1)c1ccc(Cl)c(CBr)c1Cl. The van der Waals surface area contributed by atoms with Gasteiger partial charge in [-0.25, -0.2) is 8.42 Å². The maximum atomic E-state index is 12.3. The Labute approximate surface area is 123 Å². The van der Waals surface area contributed by atoms with E-state index >= 15 is 0 Å². The molecule has 0 radical (unpaired) electrons. The van der Waals surface area contributed by atoms with E-state index in [1.807, 2.05) is 0 Å². The number of hydrogen-bond donors (Lipinski definition) is 1. The van der Waals surface area contributed by atoms with Crippen LogP contribution in [0.4, 0.5) is 0 Å². The second-order valence-electron chi connectivity index (χ2n) is 3.51. The van der Waals surface area contributed by atoms with Gasteiger partial charge in [-0.15, -0.1) is 0 Å². The van der Waals surface area contributed by atoms with Gasteiger partial charge >= 0.3 is 0 Å². The molecule has 0 atom stereocenters. The number of aromatic nitrogens is 1. The van der Waals surface area contributed by atoms with Crippen molar-refractivity contribution >= 4 is 49.0 Å². The lowest BCUT2D eigenvalue weighted by Crippen LogP contribution is -2.04. The maximum Gasteiger partial charge on any atom is 0.223 e. The monoisotopic (exact) mass is 367 g/mol. The normalized spacial score (nSPS) is 11.7. The number of nitrogens with one attached hydrogen (secondary N) is 1. The summed E-state index contributed by atoms with van der Waals surface area (Å²) in [4.78, 5) is 2.71. The van der Waals surface area contributed by atoms with Gasteiger partial charge in [0.2, 0.25) is 9.84 Å². The fourth-order valence-electron chi connectivity index (χ4n) is 1.51. The van der Waals surface area contributed by atoms with Crippen LogP contribution in [0.15, 0.2) is 40.4 Å². The van der Waals surface area contributed by atoms with E-state index in [1.54, 1.807) is 12.3 Å². The van der Waals surface area contributed by atoms with Crippen LogP contribution in [0, 0.1) is 0 Å². The Bertz CT molecular complexity index is 669. The first-order valence-electron chi connectivity index (χ1n) is 4.90. The number of alkyl halides is 1. The van der Waals surface area contributed by atoms with Crippen molar-refractivity contribution in [1.82, 2.24) is 4.98 Å². The molecule has 0 aliphatic rings.